The molecule has 0 radical (unpaired) electrons. The molecule has 1 fully saturated rings. The number of halogens is 2. The van der Waals surface area contributed by atoms with Crippen molar-refractivity contribution in [2.75, 3.05) is 6.61 Å². The maximum Gasteiger partial charge on any atom is 0.124 e. The summed E-state index contributed by atoms with van der Waals surface area (Å²) in [5.41, 5.74) is 0.799. The fourth-order valence-corrected chi connectivity index (χ4v) is 2.74. The van der Waals surface area contributed by atoms with E-state index in [9.17, 15) is 9.50 Å². The molecule has 1 aliphatic heterocycles. The molecular weight excluding hydrogens is 267 g/mol. The van der Waals surface area contributed by atoms with Crippen LogP contribution in [0.25, 0.3) is 0 Å². The minimum Gasteiger partial charge on any atom is -0.393 e. The van der Waals surface area contributed by atoms with Crippen LogP contribution in [0.15, 0.2) is 18.2 Å². The van der Waals surface area contributed by atoms with E-state index in [0.29, 0.717) is 17.5 Å². The minimum absolute atomic E-state index is 0.346. The molecule has 1 aromatic rings. The Kier molecular flexibility index (Phi) is 5.61. The van der Waals surface area contributed by atoms with Crippen molar-refractivity contribution in [1.29, 1.82) is 0 Å². The van der Waals surface area contributed by atoms with Crippen LogP contribution in [0, 0.1) is 5.82 Å². The van der Waals surface area contributed by atoms with Gasteiger partial charge in [0.15, 0.2) is 0 Å². The van der Waals surface area contributed by atoms with E-state index in [1.165, 1.54) is 12.1 Å². The molecule has 2 atom stereocenters. The van der Waals surface area contributed by atoms with Gasteiger partial charge in [-0.3, -0.25) is 0 Å². The topological polar surface area (TPSA) is 29.5 Å². The molecule has 0 aromatic heterocycles. The van der Waals surface area contributed by atoms with E-state index in [0.717, 1.165) is 44.3 Å². The van der Waals surface area contributed by atoms with Gasteiger partial charge in [0.2, 0.25) is 0 Å². The number of benzene rings is 1. The normalized spacial score (nSPS) is 20.7. The van der Waals surface area contributed by atoms with Gasteiger partial charge < -0.3 is 9.84 Å². The number of hydrogen-bond acceptors (Lipinski definition) is 2. The second-order valence-electron chi connectivity index (χ2n) is 5.16. The highest BCUT2D eigenvalue weighted by atomic mass is 35.5. The molecule has 4 heteroatoms. The smallest absolute Gasteiger partial charge is 0.124 e. The van der Waals surface area contributed by atoms with E-state index < -0.39 is 6.10 Å². The Balaban J connectivity index is 1.72. The standard InChI is InChI=1S/C15H20ClFO2/c16-15-10-12(17)7-6-11(15)9-13(18)3-1-4-14-5-2-8-19-14/h6-7,10,13-14,18H,1-5,8-9H2. The summed E-state index contributed by atoms with van der Waals surface area (Å²) in [6, 6.07) is 4.30. The summed E-state index contributed by atoms with van der Waals surface area (Å²) in [7, 11) is 0. The van der Waals surface area contributed by atoms with E-state index in [1.54, 1.807) is 6.07 Å². The molecule has 1 N–H and O–H groups in total. The molecule has 19 heavy (non-hydrogen) atoms. The molecule has 0 aliphatic carbocycles. The monoisotopic (exact) mass is 286 g/mol. The lowest BCUT2D eigenvalue weighted by molar-refractivity contribution is 0.0945. The van der Waals surface area contributed by atoms with Crippen LogP contribution < -0.4 is 0 Å². The van der Waals surface area contributed by atoms with Gasteiger partial charge in [0.25, 0.3) is 0 Å². The molecule has 0 bridgehead atoms. The van der Waals surface area contributed by atoms with E-state index in [1.807, 2.05) is 0 Å². The molecule has 0 saturated carbocycles. The fourth-order valence-electron chi connectivity index (χ4n) is 2.50. The third-order valence-corrected chi connectivity index (χ3v) is 3.91. The lowest BCUT2D eigenvalue weighted by Gasteiger charge is -2.13. The highest BCUT2D eigenvalue weighted by molar-refractivity contribution is 6.31. The Morgan fingerprint density at radius 2 is 2.32 bits per heavy atom. The number of rotatable bonds is 6. The van der Waals surface area contributed by atoms with Gasteiger partial charge in [-0.25, -0.2) is 4.39 Å². The van der Waals surface area contributed by atoms with E-state index >= 15 is 0 Å². The maximum absolute atomic E-state index is 12.9. The number of ether oxygens (including phenoxy) is 1. The number of hydrogen-bond donors (Lipinski definition) is 1. The van der Waals surface area contributed by atoms with Crippen LogP contribution >= 0.6 is 11.6 Å². The van der Waals surface area contributed by atoms with Crippen LogP contribution in [0.1, 0.15) is 37.7 Å². The van der Waals surface area contributed by atoms with E-state index in [-0.39, 0.29) is 5.82 Å². The average Bonchev–Trinajstić information content (AvgIpc) is 2.86. The van der Waals surface area contributed by atoms with Gasteiger partial charge in [0, 0.05) is 11.6 Å². The van der Waals surface area contributed by atoms with Gasteiger partial charge in [-0.05, 0) is 56.2 Å². The van der Waals surface area contributed by atoms with Gasteiger partial charge in [-0.15, -0.1) is 0 Å². The van der Waals surface area contributed by atoms with Crippen molar-refractivity contribution in [3.63, 3.8) is 0 Å². The predicted molar refractivity (Wildman–Crippen MR) is 73.9 cm³/mol. The zero-order valence-electron chi connectivity index (χ0n) is 10.9. The predicted octanol–water partition coefficient (Wildman–Crippen LogP) is 3.73. The molecular formula is C15H20ClFO2. The summed E-state index contributed by atoms with van der Waals surface area (Å²) in [6.07, 6.45) is 5.40. The van der Waals surface area contributed by atoms with Crippen LogP contribution in [0.3, 0.4) is 0 Å². The second kappa shape index (κ2) is 7.22. The van der Waals surface area contributed by atoms with Gasteiger partial charge in [-0.2, -0.15) is 0 Å². The zero-order chi connectivity index (χ0) is 13.7. The number of aliphatic hydroxyl groups excluding tert-OH is 1. The summed E-state index contributed by atoms with van der Waals surface area (Å²) in [5.74, 6) is -0.346. The average molecular weight is 287 g/mol. The van der Waals surface area contributed by atoms with E-state index in [2.05, 4.69) is 0 Å². The fraction of sp³-hybridized carbons (Fsp3) is 0.600. The SMILES string of the molecule is OC(CCCC1CCCO1)Cc1ccc(F)cc1Cl. The van der Waals surface area contributed by atoms with Crippen LogP contribution in [-0.2, 0) is 11.2 Å². The molecule has 106 valence electrons. The molecule has 0 amide bonds. The summed E-state index contributed by atoms with van der Waals surface area (Å²) in [4.78, 5) is 0. The molecule has 1 aromatic carbocycles. The molecule has 1 heterocycles. The Hall–Kier alpha value is -0.640. The second-order valence-corrected chi connectivity index (χ2v) is 5.57. The van der Waals surface area contributed by atoms with Crippen molar-refractivity contribution in [3.05, 3.63) is 34.6 Å². The van der Waals surface area contributed by atoms with Crippen molar-refractivity contribution in [1.82, 2.24) is 0 Å². The first-order valence-corrected chi connectivity index (χ1v) is 7.26. The van der Waals surface area contributed by atoms with Gasteiger partial charge in [0.1, 0.15) is 5.82 Å². The lowest BCUT2D eigenvalue weighted by atomic mass is 10.0. The van der Waals surface area contributed by atoms with Crippen LogP contribution in [0.4, 0.5) is 4.39 Å². The highest BCUT2D eigenvalue weighted by Gasteiger charge is 2.16. The van der Waals surface area contributed by atoms with Gasteiger partial charge in [0.05, 0.1) is 12.2 Å². The van der Waals surface area contributed by atoms with Crippen molar-refractivity contribution in [2.45, 2.75) is 50.7 Å². The van der Waals surface area contributed by atoms with Crippen LogP contribution in [-0.4, -0.2) is 23.9 Å². The summed E-state index contributed by atoms with van der Waals surface area (Å²) in [6.45, 7) is 0.873. The van der Waals surface area contributed by atoms with Crippen LogP contribution in [0.2, 0.25) is 5.02 Å². The maximum atomic E-state index is 12.9. The molecule has 2 unspecified atom stereocenters. The quantitative estimate of drug-likeness (QED) is 0.863. The summed E-state index contributed by atoms with van der Waals surface area (Å²) < 4.78 is 18.4. The zero-order valence-corrected chi connectivity index (χ0v) is 11.7. The van der Waals surface area contributed by atoms with Crippen molar-refractivity contribution >= 4 is 11.6 Å². The Morgan fingerprint density at radius 3 is 3.00 bits per heavy atom. The van der Waals surface area contributed by atoms with Crippen LogP contribution in [0.5, 0.6) is 0 Å². The van der Waals surface area contributed by atoms with E-state index in [4.69, 9.17) is 16.3 Å². The molecule has 1 saturated heterocycles. The third kappa shape index (κ3) is 4.75. The van der Waals surface area contributed by atoms with Crippen molar-refractivity contribution < 1.29 is 14.2 Å². The molecule has 2 rings (SSSR count). The Morgan fingerprint density at radius 1 is 1.47 bits per heavy atom. The first-order chi connectivity index (χ1) is 9.15. The summed E-state index contributed by atoms with van der Waals surface area (Å²) >= 11 is 5.94. The first kappa shape index (κ1) is 14.8. The molecule has 0 spiro atoms. The largest absolute Gasteiger partial charge is 0.393 e. The van der Waals surface area contributed by atoms with Gasteiger partial charge >= 0.3 is 0 Å². The van der Waals surface area contributed by atoms with Crippen molar-refractivity contribution in [3.8, 4) is 0 Å². The third-order valence-electron chi connectivity index (χ3n) is 3.56. The Bertz CT molecular complexity index is 405. The molecule has 1 aliphatic rings. The summed E-state index contributed by atoms with van der Waals surface area (Å²) in [5, 5.41) is 10.4. The first-order valence-electron chi connectivity index (χ1n) is 6.89. The highest BCUT2D eigenvalue weighted by Crippen LogP contribution is 2.22. The van der Waals surface area contributed by atoms with Crippen molar-refractivity contribution in [2.24, 2.45) is 0 Å². The lowest BCUT2D eigenvalue weighted by Crippen LogP contribution is -2.12. The number of aliphatic hydroxyl groups is 1. The van der Waals surface area contributed by atoms with Gasteiger partial charge in [-0.1, -0.05) is 17.7 Å². The minimum atomic E-state index is -0.427. The Labute approximate surface area is 118 Å². The molecule has 2 nitrogen and oxygen atoms in total.